The number of nitrogens with zero attached hydrogens (tertiary/aromatic N) is 2. The molecule has 1 saturated heterocycles. The summed E-state index contributed by atoms with van der Waals surface area (Å²) in [6.07, 6.45) is 1.66. The second-order valence-corrected chi connectivity index (χ2v) is 7.66. The van der Waals surface area contributed by atoms with Crippen molar-refractivity contribution in [2.45, 2.75) is 27.7 Å². The first-order valence-corrected chi connectivity index (χ1v) is 9.24. The number of aliphatic carboxylic acids is 1. The van der Waals surface area contributed by atoms with Gasteiger partial charge in [0.05, 0.1) is 4.91 Å². The van der Waals surface area contributed by atoms with Crippen LogP contribution in [0.25, 0.3) is 11.8 Å². The van der Waals surface area contributed by atoms with Gasteiger partial charge in [0.1, 0.15) is 6.54 Å². The maximum Gasteiger partial charge on any atom is 0.323 e. The Morgan fingerprint density at radius 2 is 1.70 bits per heavy atom. The molecular formula is C20H20N2O4S. The van der Waals surface area contributed by atoms with Crippen LogP contribution in [0.1, 0.15) is 28.1 Å². The maximum absolute atomic E-state index is 12.4. The van der Waals surface area contributed by atoms with Gasteiger partial charge in [0.15, 0.2) is 0 Å². The number of hydrogen-bond donors (Lipinski definition) is 1. The minimum atomic E-state index is -1.22. The number of rotatable bonds is 4. The van der Waals surface area contributed by atoms with Crippen LogP contribution in [-0.2, 0) is 9.59 Å². The number of carbonyl (C=O) groups is 3. The summed E-state index contributed by atoms with van der Waals surface area (Å²) >= 11 is 0.769. The molecule has 1 fully saturated rings. The number of aromatic nitrogens is 1. The quantitative estimate of drug-likeness (QED) is 0.811. The smallest absolute Gasteiger partial charge is 0.323 e. The first-order valence-electron chi connectivity index (χ1n) is 8.42. The van der Waals surface area contributed by atoms with Gasteiger partial charge in [0.25, 0.3) is 11.1 Å². The van der Waals surface area contributed by atoms with E-state index in [1.165, 1.54) is 0 Å². The molecule has 27 heavy (non-hydrogen) atoms. The molecule has 0 radical (unpaired) electrons. The summed E-state index contributed by atoms with van der Waals surface area (Å²) in [4.78, 5) is 36.1. The molecule has 2 amide bonds. The standard InChI is InChI=1S/C20H20N2O4S/c1-11-5-12(2)7-16(6-11)22-13(3)8-15(14(22)4)9-17-19(25)21(10-18(23)24)20(26)27-17/h5-9H,10H2,1-4H3,(H,23,24)/b17-9+. The summed E-state index contributed by atoms with van der Waals surface area (Å²) in [7, 11) is 0. The first kappa shape index (κ1) is 19.0. The van der Waals surface area contributed by atoms with Gasteiger partial charge in [0.2, 0.25) is 0 Å². The van der Waals surface area contributed by atoms with Gasteiger partial charge in [0, 0.05) is 17.1 Å². The Bertz CT molecular complexity index is 983. The SMILES string of the molecule is Cc1cc(C)cc(-n2c(C)cc(/C=C3/SC(=O)N(CC(=O)O)C3=O)c2C)c1. The molecule has 6 nitrogen and oxygen atoms in total. The molecule has 7 heteroatoms. The number of thioether (sulfide) groups is 1. The fraction of sp³-hybridized carbons (Fsp3) is 0.250. The molecule has 0 spiro atoms. The Kier molecular flexibility index (Phi) is 4.97. The van der Waals surface area contributed by atoms with Crippen molar-refractivity contribution in [3.05, 3.63) is 57.2 Å². The van der Waals surface area contributed by atoms with E-state index in [2.05, 4.69) is 22.8 Å². The van der Waals surface area contributed by atoms with Crippen LogP contribution >= 0.6 is 11.8 Å². The third-order valence-corrected chi connectivity index (χ3v) is 5.30. The Balaban J connectivity index is 2.00. The van der Waals surface area contributed by atoms with Crippen molar-refractivity contribution in [1.29, 1.82) is 0 Å². The first-order chi connectivity index (χ1) is 12.7. The zero-order valence-electron chi connectivity index (χ0n) is 15.6. The molecule has 1 aromatic heterocycles. The third-order valence-electron chi connectivity index (χ3n) is 4.39. The lowest BCUT2D eigenvalue weighted by molar-refractivity contribution is -0.140. The molecule has 1 aliphatic heterocycles. The van der Waals surface area contributed by atoms with E-state index in [1.807, 2.05) is 33.8 Å². The Hall–Kier alpha value is -2.80. The Morgan fingerprint density at radius 3 is 2.30 bits per heavy atom. The highest BCUT2D eigenvalue weighted by Gasteiger charge is 2.36. The Morgan fingerprint density at radius 1 is 1.07 bits per heavy atom. The molecular weight excluding hydrogens is 364 g/mol. The van der Waals surface area contributed by atoms with E-state index in [1.54, 1.807) is 6.08 Å². The summed E-state index contributed by atoms with van der Waals surface area (Å²) < 4.78 is 2.10. The zero-order valence-corrected chi connectivity index (χ0v) is 16.4. The van der Waals surface area contributed by atoms with E-state index in [-0.39, 0.29) is 4.91 Å². The van der Waals surface area contributed by atoms with E-state index in [4.69, 9.17) is 5.11 Å². The highest BCUT2D eigenvalue weighted by molar-refractivity contribution is 8.18. The largest absolute Gasteiger partial charge is 0.480 e. The van der Waals surface area contributed by atoms with E-state index in [0.717, 1.165) is 50.4 Å². The number of aryl methyl sites for hydroxylation is 3. The highest BCUT2D eigenvalue weighted by Crippen LogP contribution is 2.33. The van der Waals surface area contributed by atoms with Gasteiger partial charge in [-0.3, -0.25) is 19.3 Å². The number of benzene rings is 1. The van der Waals surface area contributed by atoms with Crippen molar-refractivity contribution in [3.63, 3.8) is 0 Å². The van der Waals surface area contributed by atoms with Crippen molar-refractivity contribution in [2.75, 3.05) is 6.54 Å². The zero-order chi connectivity index (χ0) is 19.9. The molecule has 2 aromatic rings. The maximum atomic E-state index is 12.4. The lowest BCUT2D eigenvalue weighted by Gasteiger charge is -2.12. The molecule has 2 heterocycles. The minimum absolute atomic E-state index is 0.238. The van der Waals surface area contributed by atoms with Crippen LogP contribution in [0.15, 0.2) is 29.2 Å². The van der Waals surface area contributed by atoms with Crippen LogP contribution < -0.4 is 0 Å². The molecule has 1 aromatic carbocycles. The van der Waals surface area contributed by atoms with Gasteiger partial charge in [-0.1, -0.05) is 6.07 Å². The molecule has 140 valence electrons. The second kappa shape index (κ2) is 7.08. The number of imide groups is 1. The summed E-state index contributed by atoms with van der Waals surface area (Å²) in [5.41, 5.74) is 6.15. The average Bonchev–Trinajstić information content (AvgIpc) is 2.97. The van der Waals surface area contributed by atoms with Crippen molar-refractivity contribution in [3.8, 4) is 5.69 Å². The van der Waals surface area contributed by atoms with Crippen LogP contribution in [0.2, 0.25) is 0 Å². The summed E-state index contributed by atoms with van der Waals surface area (Å²) in [5, 5.41) is 8.30. The van der Waals surface area contributed by atoms with Crippen molar-refractivity contribution in [2.24, 2.45) is 0 Å². The predicted octanol–water partition coefficient (Wildman–Crippen LogP) is 3.83. The number of carbonyl (C=O) groups excluding carboxylic acids is 2. The molecule has 0 saturated carbocycles. The molecule has 0 bridgehead atoms. The molecule has 3 rings (SSSR count). The number of carboxylic acid groups (broad SMARTS) is 1. The third kappa shape index (κ3) is 3.68. The fourth-order valence-electron chi connectivity index (χ4n) is 3.32. The van der Waals surface area contributed by atoms with Crippen LogP contribution in [0.5, 0.6) is 0 Å². The van der Waals surface area contributed by atoms with Gasteiger partial charge in [-0.05, 0) is 80.4 Å². The van der Waals surface area contributed by atoms with Gasteiger partial charge in [-0.2, -0.15) is 0 Å². The molecule has 1 N–H and O–H groups in total. The summed E-state index contributed by atoms with van der Waals surface area (Å²) in [6, 6.07) is 8.25. The highest BCUT2D eigenvalue weighted by atomic mass is 32.2. The fourth-order valence-corrected chi connectivity index (χ4v) is 4.15. The molecule has 0 aliphatic carbocycles. The van der Waals surface area contributed by atoms with Gasteiger partial charge in [-0.15, -0.1) is 0 Å². The molecule has 0 unspecified atom stereocenters. The lowest BCUT2D eigenvalue weighted by atomic mass is 10.1. The molecule has 0 atom stereocenters. The monoisotopic (exact) mass is 384 g/mol. The minimum Gasteiger partial charge on any atom is -0.480 e. The number of hydrogen-bond acceptors (Lipinski definition) is 4. The Labute approximate surface area is 161 Å². The van der Waals surface area contributed by atoms with E-state index in [0.29, 0.717) is 0 Å². The van der Waals surface area contributed by atoms with Crippen molar-refractivity contribution in [1.82, 2.24) is 9.47 Å². The van der Waals surface area contributed by atoms with Crippen molar-refractivity contribution >= 4 is 35.0 Å². The molecule has 1 aliphatic rings. The van der Waals surface area contributed by atoms with Gasteiger partial charge in [-0.25, -0.2) is 0 Å². The predicted molar refractivity (Wildman–Crippen MR) is 105 cm³/mol. The number of amides is 2. The van der Waals surface area contributed by atoms with Gasteiger partial charge < -0.3 is 9.67 Å². The second-order valence-electron chi connectivity index (χ2n) is 6.67. The van der Waals surface area contributed by atoms with Crippen molar-refractivity contribution < 1.29 is 19.5 Å². The summed E-state index contributed by atoms with van der Waals surface area (Å²) in [5.74, 6) is -1.78. The van der Waals surface area contributed by atoms with E-state index >= 15 is 0 Å². The van der Waals surface area contributed by atoms with E-state index in [9.17, 15) is 14.4 Å². The lowest BCUT2D eigenvalue weighted by Crippen LogP contribution is -2.33. The average molecular weight is 384 g/mol. The van der Waals surface area contributed by atoms with Crippen LogP contribution in [0.3, 0.4) is 0 Å². The van der Waals surface area contributed by atoms with Crippen LogP contribution in [-0.4, -0.2) is 38.2 Å². The normalized spacial score (nSPS) is 15.9. The van der Waals surface area contributed by atoms with Gasteiger partial charge >= 0.3 is 5.97 Å². The summed E-state index contributed by atoms with van der Waals surface area (Å²) in [6.45, 7) is 7.41. The topological polar surface area (TPSA) is 79.6 Å². The van der Waals surface area contributed by atoms with E-state index < -0.39 is 23.7 Å². The van der Waals surface area contributed by atoms with Crippen LogP contribution in [0.4, 0.5) is 4.79 Å². The van der Waals surface area contributed by atoms with Crippen LogP contribution in [0, 0.1) is 27.7 Å². The number of carboxylic acids is 1.